The Bertz CT molecular complexity index is 1020. The van der Waals surface area contributed by atoms with Gasteiger partial charge in [-0.1, -0.05) is 41.4 Å². The number of aliphatic imine (C=N–C) groups is 1. The molecule has 1 N–H and O–H groups in total. The number of hydrogen-bond acceptors (Lipinski definition) is 4. The fourth-order valence-corrected chi connectivity index (χ4v) is 4.28. The quantitative estimate of drug-likeness (QED) is 0.798. The van der Waals surface area contributed by atoms with Crippen LogP contribution in [-0.2, 0) is 21.4 Å². The van der Waals surface area contributed by atoms with Gasteiger partial charge in [-0.05, 0) is 29.8 Å². The highest BCUT2D eigenvalue weighted by Crippen LogP contribution is 2.24. The van der Waals surface area contributed by atoms with Crippen LogP contribution in [-0.4, -0.2) is 38.7 Å². The molecule has 3 rings (SSSR count). The Morgan fingerprint density at radius 2 is 1.89 bits per heavy atom. The number of sulfonamides is 1. The Balaban J connectivity index is 1.61. The van der Waals surface area contributed by atoms with E-state index in [1.54, 1.807) is 42.3 Å². The van der Waals surface area contributed by atoms with Crippen LogP contribution in [0.4, 0.5) is 0 Å². The van der Waals surface area contributed by atoms with E-state index in [9.17, 15) is 13.2 Å². The SMILES string of the molecule is CN(Cc1ccc(Cl)c(Cl)c1)C(=O)CCN=C1NS(=O)(=O)c2ccccc21. The van der Waals surface area contributed by atoms with Crippen LogP contribution in [0.1, 0.15) is 17.5 Å². The summed E-state index contributed by atoms with van der Waals surface area (Å²) >= 11 is 11.9. The van der Waals surface area contributed by atoms with Crippen LogP contribution < -0.4 is 4.72 Å². The van der Waals surface area contributed by atoms with Crippen LogP contribution in [0.3, 0.4) is 0 Å². The summed E-state index contributed by atoms with van der Waals surface area (Å²) in [6.07, 6.45) is 0.158. The molecule has 1 amide bonds. The van der Waals surface area contributed by atoms with Crippen LogP contribution in [0, 0.1) is 0 Å². The number of benzene rings is 2. The van der Waals surface area contributed by atoms with Crippen LogP contribution >= 0.6 is 23.2 Å². The topological polar surface area (TPSA) is 78.8 Å². The highest BCUT2D eigenvalue weighted by atomic mass is 35.5. The molecule has 0 saturated carbocycles. The molecule has 0 atom stereocenters. The number of fused-ring (bicyclic) bond motifs is 1. The third kappa shape index (κ3) is 4.43. The molecule has 6 nitrogen and oxygen atoms in total. The van der Waals surface area contributed by atoms with Gasteiger partial charge in [0.1, 0.15) is 5.84 Å². The van der Waals surface area contributed by atoms with Gasteiger partial charge in [0.15, 0.2) is 0 Å². The molecule has 0 aliphatic carbocycles. The second kappa shape index (κ2) is 7.88. The smallest absolute Gasteiger partial charge is 0.263 e. The summed E-state index contributed by atoms with van der Waals surface area (Å²) in [5.74, 6) is 0.157. The summed E-state index contributed by atoms with van der Waals surface area (Å²) in [4.78, 5) is 18.3. The van der Waals surface area contributed by atoms with Crippen molar-refractivity contribution in [2.24, 2.45) is 4.99 Å². The molecule has 1 aliphatic rings. The van der Waals surface area contributed by atoms with E-state index in [0.29, 0.717) is 22.2 Å². The molecule has 0 aromatic heterocycles. The normalized spacial score (nSPS) is 16.0. The Morgan fingerprint density at radius 1 is 1.15 bits per heavy atom. The minimum absolute atomic E-state index is 0.112. The highest BCUT2D eigenvalue weighted by Gasteiger charge is 2.29. The first kappa shape index (κ1) is 19.7. The van der Waals surface area contributed by atoms with E-state index in [1.165, 1.54) is 6.07 Å². The molecule has 9 heteroatoms. The number of nitrogens with one attached hydrogen (secondary N) is 1. The van der Waals surface area contributed by atoms with E-state index in [2.05, 4.69) is 9.71 Å². The number of amides is 1. The van der Waals surface area contributed by atoms with Crippen molar-refractivity contribution >= 4 is 45.0 Å². The molecule has 2 aromatic rings. The molecular formula is C18H17Cl2N3O3S. The minimum atomic E-state index is -3.57. The summed E-state index contributed by atoms with van der Waals surface area (Å²) < 4.78 is 26.5. The van der Waals surface area contributed by atoms with Gasteiger partial charge in [-0.25, -0.2) is 8.42 Å². The van der Waals surface area contributed by atoms with Gasteiger partial charge < -0.3 is 4.90 Å². The van der Waals surface area contributed by atoms with Crippen molar-refractivity contribution < 1.29 is 13.2 Å². The first-order chi connectivity index (χ1) is 12.8. The van der Waals surface area contributed by atoms with Crippen molar-refractivity contribution in [1.29, 1.82) is 0 Å². The maximum atomic E-state index is 12.3. The fraction of sp³-hybridized carbons (Fsp3) is 0.222. The van der Waals surface area contributed by atoms with Crippen molar-refractivity contribution in [3.63, 3.8) is 0 Å². The van der Waals surface area contributed by atoms with Gasteiger partial charge in [0.2, 0.25) is 5.91 Å². The summed E-state index contributed by atoms with van der Waals surface area (Å²) in [5, 5.41) is 0.901. The average Bonchev–Trinajstić information content (AvgIpc) is 2.89. The molecule has 0 fully saturated rings. The lowest BCUT2D eigenvalue weighted by Crippen LogP contribution is -2.27. The van der Waals surface area contributed by atoms with E-state index in [-0.39, 0.29) is 29.6 Å². The maximum absolute atomic E-state index is 12.3. The Kier molecular flexibility index (Phi) is 5.74. The number of rotatable bonds is 5. The highest BCUT2D eigenvalue weighted by molar-refractivity contribution is 7.90. The van der Waals surface area contributed by atoms with Crippen molar-refractivity contribution in [1.82, 2.24) is 9.62 Å². The van der Waals surface area contributed by atoms with Crippen LogP contribution in [0.15, 0.2) is 52.4 Å². The molecule has 0 saturated heterocycles. The molecule has 27 heavy (non-hydrogen) atoms. The van der Waals surface area contributed by atoms with Crippen molar-refractivity contribution in [3.8, 4) is 0 Å². The Morgan fingerprint density at radius 3 is 2.63 bits per heavy atom. The first-order valence-corrected chi connectivity index (χ1v) is 10.4. The lowest BCUT2D eigenvalue weighted by Gasteiger charge is -2.17. The van der Waals surface area contributed by atoms with Gasteiger partial charge in [0, 0.05) is 25.6 Å². The van der Waals surface area contributed by atoms with Crippen LogP contribution in [0.25, 0.3) is 0 Å². The number of nitrogens with zero attached hydrogens (tertiary/aromatic N) is 2. The standard InChI is InChI=1S/C18H17Cl2N3O3S/c1-23(11-12-6-7-14(19)15(20)10-12)17(24)8-9-21-18-13-4-2-3-5-16(13)27(25,26)22-18/h2-7,10H,8-9,11H2,1H3,(H,21,22). The Hall–Kier alpha value is -2.09. The van der Waals surface area contributed by atoms with E-state index >= 15 is 0 Å². The van der Waals surface area contributed by atoms with Crippen LogP contribution in [0.2, 0.25) is 10.0 Å². The second-order valence-electron chi connectivity index (χ2n) is 6.08. The Labute approximate surface area is 167 Å². The van der Waals surface area contributed by atoms with E-state index in [0.717, 1.165) is 5.56 Å². The zero-order valence-corrected chi connectivity index (χ0v) is 16.8. The molecule has 0 bridgehead atoms. The summed E-state index contributed by atoms with van der Waals surface area (Å²) in [6, 6.07) is 11.8. The predicted octanol–water partition coefficient (Wildman–Crippen LogP) is 3.08. The summed E-state index contributed by atoms with van der Waals surface area (Å²) in [7, 11) is -1.88. The lowest BCUT2D eigenvalue weighted by molar-refractivity contribution is -0.130. The molecule has 0 radical (unpaired) electrons. The lowest BCUT2D eigenvalue weighted by atomic mass is 10.2. The largest absolute Gasteiger partial charge is 0.341 e. The zero-order chi connectivity index (χ0) is 19.6. The molecule has 1 aliphatic heterocycles. The van der Waals surface area contributed by atoms with Gasteiger partial charge in [-0.3, -0.25) is 14.5 Å². The number of carbonyl (C=O) groups excluding carboxylic acids is 1. The van der Waals surface area contributed by atoms with Gasteiger partial charge in [0.25, 0.3) is 10.0 Å². The van der Waals surface area contributed by atoms with Gasteiger partial charge in [0.05, 0.1) is 21.5 Å². The second-order valence-corrected chi connectivity index (χ2v) is 8.55. The maximum Gasteiger partial charge on any atom is 0.263 e. The molecule has 142 valence electrons. The monoisotopic (exact) mass is 425 g/mol. The molecule has 1 heterocycles. The van der Waals surface area contributed by atoms with Crippen molar-refractivity contribution in [2.75, 3.05) is 13.6 Å². The number of amidine groups is 1. The van der Waals surface area contributed by atoms with E-state index in [1.807, 2.05) is 6.07 Å². The summed E-state index contributed by atoms with van der Waals surface area (Å²) in [6.45, 7) is 0.568. The number of halogens is 2. The average molecular weight is 426 g/mol. The van der Waals surface area contributed by atoms with Crippen LogP contribution in [0.5, 0.6) is 0 Å². The van der Waals surface area contributed by atoms with E-state index < -0.39 is 10.0 Å². The van der Waals surface area contributed by atoms with E-state index in [4.69, 9.17) is 23.2 Å². The molecular weight excluding hydrogens is 409 g/mol. The van der Waals surface area contributed by atoms with Gasteiger partial charge >= 0.3 is 0 Å². The third-order valence-corrected chi connectivity index (χ3v) is 6.22. The van der Waals surface area contributed by atoms with Crippen molar-refractivity contribution in [3.05, 3.63) is 63.6 Å². The number of carbonyl (C=O) groups is 1. The zero-order valence-electron chi connectivity index (χ0n) is 14.4. The van der Waals surface area contributed by atoms with Gasteiger partial charge in [-0.2, -0.15) is 0 Å². The molecule has 0 unspecified atom stereocenters. The minimum Gasteiger partial charge on any atom is -0.341 e. The first-order valence-electron chi connectivity index (χ1n) is 8.12. The fourth-order valence-electron chi connectivity index (χ4n) is 2.71. The molecule has 0 spiro atoms. The third-order valence-electron chi connectivity index (χ3n) is 4.09. The van der Waals surface area contributed by atoms with Crippen molar-refractivity contribution in [2.45, 2.75) is 17.9 Å². The molecule has 2 aromatic carbocycles. The number of hydrogen-bond donors (Lipinski definition) is 1. The van der Waals surface area contributed by atoms with Gasteiger partial charge in [-0.15, -0.1) is 0 Å². The summed E-state index contributed by atoms with van der Waals surface area (Å²) in [5.41, 5.74) is 1.39. The predicted molar refractivity (Wildman–Crippen MR) is 106 cm³/mol.